The van der Waals surface area contributed by atoms with Gasteiger partial charge in [-0.05, 0) is 24.6 Å². The third-order valence-electron chi connectivity index (χ3n) is 3.44. The van der Waals surface area contributed by atoms with Crippen LogP contribution >= 0.6 is 0 Å². The fourth-order valence-electron chi connectivity index (χ4n) is 2.09. The molecule has 0 atom stereocenters. The normalized spacial score (nSPS) is 12.0. The first kappa shape index (κ1) is 20.7. The quantitative estimate of drug-likeness (QED) is 0.301. The standard InChI is InChI=1S/C16H16F3NO6S/c1-3-4-9-25-15(21)11-5-7-12(26-27(22,23)16(17,18)19)14-10(11)6-8-13(20-14)24-2/h5-8H,3-4,9H2,1-2H3. The molecule has 1 heterocycles. The minimum Gasteiger partial charge on any atom is -0.481 e. The van der Waals surface area contributed by atoms with Gasteiger partial charge in [0.2, 0.25) is 5.88 Å². The van der Waals surface area contributed by atoms with Crippen LogP contribution in [0.15, 0.2) is 24.3 Å². The summed E-state index contributed by atoms with van der Waals surface area (Å²) in [6, 6.07) is 4.75. The highest BCUT2D eigenvalue weighted by Gasteiger charge is 2.48. The number of fused-ring (bicyclic) bond motifs is 1. The third-order valence-corrected chi connectivity index (χ3v) is 4.40. The Kier molecular flexibility index (Phi) is 6.14. The van der Waals surface area contributed by atoms with Gasteiger partial charge in [0, 0.05) is 11.5 Å². The van der Waals surface area contributed by atoms with Crippen LogP contribution in [0.1, 0.15) is 30.1 Å². The Labute approximate surface area is 153 Å². The molecule has 11 heteroatoms. The van der Waals surface area contributed by atoms with Gasteiger partial charge in [-0.15, -0.1) is 0 Å². The lowest BCUT2D eigenvalue weighted by Crippen LogP contribution is -2.28. The Bertz CT molecular complexity index is 943. The highest BCUT2D eigenvalue weighted by atomic mass is 32.2. The molecule has 0 saturated heterocycles. The van der Waals surface area contributed by atoms with E-state index in [0.29, 0.717) is 6.42 Å². The second-order valence-corrected chi connectivity index (χ2v) is 6.87. The van der Waals surface area contributed by atoms with Crippen molar-refractivity contribution in [3.05, 3.63) is 29.8 Å². The van der Waals surface area contributed by atoms with Gasteiger partial charge in [-0.25, -0.2) is 9.78 Å². The van der Waals surface area contributed by atoms with Crippen LogP contribution in [0.2, 0.25) is 0 Å². The number of hydrogen-bond donors (Lipinski definition) is 0. The van der Waals surface area contributed by atoms with E-state index < -0.39 is 27.3 Å². The monoisotopic (exact) mass is 407 g/mol. The molecule has 0 amide bonds. The van der Waals surface area contributed by atoms with Crippen molar-refractivity contribution in [3.63, 3.8) is 0 Å². The number of halogens is 3. The average molecular weight is 407 g/mol. The van der Waals surface area contributed by atoms with E-state index in [0.717, 1.165) is 18.6 Å². The molecule has 0 bridgehead atoms. The van der Waals surface area contributed by atoms with Crippen LogP contribution in [0.4, 0.5) is 13.2 Å². The zero-order chi connectivity index (χ0) is 20.2. The molecule has 1 aromatic heterocycles. The van der Waals surface area contributed by atoms with Gasteiger partial charge < -0.3 is 13.7 Å². The predicted molar refractivity (Wildman–Crippen MR) is 89.1 cm³/mol. The molecule has 0 radical (unpaired) electrons. The molecule has 2 aromatic rings. The molecule has 7 nitrogen and oxygen atoms in total. The minimum absolute atomic E-state index is 0.00624. The number of pyridine rings is 1. The van der Waals surface area contributed by atoms with Crippen LogP contribution in [-0.4, -0.2) is 38.6 Å². The molecule has 0 aliphatic rings. The van der Waals surface area contributed by atoms with Crippen LogP contribution in [0.5, 0.6) is 11.6 Å². The van der Waals surface area contributed by atoms with E-state index in [4.69, 9.17) is 9.47 Å². The highest BCUT2D eigenvalue weighted by Crippen LogP contribution is 2.33. The summed E-state index contributed by atoms with van der Waals surface area (Å²) in [5.74, 6) is -1.41. The topological polar surface area (TPSA) is 91.8 Å². The summed E-state index contributed by atoms with van der Waals surface area (Å²) in [4.78, 5) is 16.1. The van der Waals surface area contributed by atoms with Crippen molar-refractivity contribution in [1.82, 2.24) is 4.98 Å². The van der Waals surface area contributed by atoms with Crippen LogP contribution in [-0.2, 0) is 14.9 Å². The van der Waals surface area contributed by atoms with Gasteiger partial charge in [0.25, 0.3) is 0 Å². The van der Waals surface area contributed by atoms with E-state index in [1.807, 2.05) is 6.92 Å². The molecule has 0 N–H and O–H groups in total. The summed E-state index contributed by atoms with van der Waals surface area (Å²) in [5, 5.41) is 0.0622. The molecule has 0 fully saturated rings. The van der Waals surface area contributed by atoms with Crippen LogP contribution in [0.3, 0.4) is 0 Å². The van der Waals surface area contributed by atoms with Gasteiger partial charge in [-0.2, -0.15) is 21.6 Å². The Morgan fingerprint density at radius 2 is 1.89 bits per heavy atom. The van der Waals surface area contributed by atoms with E-state index in [9.17, 15) is 26.4 Å². The molecular formula is C16H16F3NO6S. The summed E-state index contributed by atoms with van der Waals surface area (Å²) in [6.45, 7) is 2.08. The Morgan fingerprint density at radius 1 is 1.19 bits per heavy atom. The van der Waals surface area contributed by atoms with Gasteiger partial charge in [0.05, 0.1) is 19.3 Å². The summed E-state index contributed by atoms with van der Waals surface area (Å²) in [7, 11) is -4.64. The second-order valence-electron chi connectivity index (χ2n) is 5.33. The number of aromatic nitrogens is 1. The van der Waals surface area contributed by atoms with E-state index >= 15 is 0 Å². The van der Waals surface area contributed by atoms with Crippen LogP contribution in [0, 0.1) is 0 Å². The number of carbonyl (C=O) groups is 1. The molecule has 0 unspecified atom stereocenters. The van der Waals surface area contributed by atoms with Crippen LogP contribution in [0.25, 0.3) is 10.9 Å². The molecule has 1 aromatic carbocycles. The van der Waals surface area contributed by atoms with Gasteiger partial charge in [-0.3, -0.25) is 0 Å². The molecular weight excluding hydrogens is 391 g/mol. The maximum Gasteiger partial charge on any atom is 0.534 e. The zero-order valence-electron chi connectivity index (χ0n) is 14.4. The summed E-state index contributed by atoms with van der Waals surface area (Å²) >= 11 is 0. The second kappa shape index (κ2) is 7.99. The molecule has 2 rings (SSSR count). The number of benzene rings is 1. The first-order chi connectivity index (χ1) is 12.6. The van der Waals surface area contributed by atoms with Crippen LogP contribution < -0.4 is 8.92 Å². The van der Waals surface area contributed by atoms with Gasteiger partial charge in [0.15, 0.2) is 5.75 Å². The third kappa shape index (κ3) is 4.59. The first-order valence-electron chi connectivity index (χ1n) is 7.76. The number of alkyl halides is 3. The fraction of sp³-hybridized carbons (Fsp3) is 0.375. The fourth-order valence-corrected chi connectivity index (χ4v) is 2.55. The molecule has 0 saturated carbocycles. The maximum absolute atomic E-state index is 12.6. The molecule has 27 heavy (non-hydrogen) atoms. The highest BCUT2D eigenvalue weighted by molar-refractivity contribution is 7.88. The smallest absolute Gasteiger partial charge is 0.481 e. The van der Waals surface area contributed by atoms with Crippen molar-refractivity contribution < 1.29 is 40.0 Å². The number of carbonyl (C=O) groups excluding carboxylic acids is 1. The number of ether oxygens (including phenoxy) is 2. The largest absolute Gasteiger partial charge is 0.534 e. The Balaban J connectivity index is 2.54. The van der Waals surface area contributed by atoms with Crippen molar-refractivity contribution in [2.75, 3.05) is 13.7 Å². The first-order valence-corrected chi connectivity index (χ1v) is 9.17. The number of hydrogen-bond acceptors (Lipinski definition) is 7. The number of esters is 1. The Hall–Kier alpha value is -2.56. The van der Waals surface area contributed by atoms with Crippen molar-refractivity contribution >= 4 is 27.0 Å². The maximum atomic E-state index is 12.6. The van der Waals surface area contributed by atoms with Crippen molar-refractivity contribution in [2.45, 2.75) is 25.3 Å². The van der Waals surface area contributed by atoms with Gasteiger partial charge >= 0.3 is 21.6 Å². The zero-order valence-corrected chi connectivity index (χ0v) is 15.2. The molecule has 0 aliphatic carbocycles. The number of methoxy groups -OCH3 is 1. The molecule has 0 spiro atoms. The lowest BCUT2D eigenvalue weighted by molar-refractivity contribution is -0.0499. The summed E-state index contributed by atoms with van der Waals surface area (Å²) in [6.07, 6.45) is 1.44. The lowest BCUT2D eigenvalue weighted by Gasteiger charge is -2.13. The van der Waals surface area contributed by atoms with Crippen molar-refractivity contribution in [2.24, 2.45) is 0 Å². The summed E-state index contributed by atoms with van der Waals surface area (Å²) < 4.78 is 74.6. The average Bonchev–Trinajstić information content (AvgIpc) is 2.60. The van der Waals surface area contributed by atoms with Gasteiger partial charge in [-0.1, -0.05) is 13.3 Å². The Morgan fingerprint density at radius 3 is 2.48 bits per heavy atom. The predicted octanol–water partition coefficient (Wildman–Crippen LogP) is 3.43. The summed E-state index contributed by atoms with van der Waals surface area (Å²) in [5.41, 5.74) is -5.89. The van der Waals surface area contributed by atoms with E-state index in [1.54, 1.807) is 0 Å². The van der Waals surface area contributed by atoms with E-state index in [1.165, 1.54) is 19.2 Å². The number of nitrogens with zero attached hydrogens (tertiary/aromatic N) is 1. The number of unbranched alkanes of at least 4 members (excludes halogenated alkanes) is 1. The molecule has 0 aliphatic heterocycles. The van der Waals surface area contributed by atoms with Crippen molar-refractivity contribution in [3.8, 4) is 11.6 Å². The van der Waals surface area contributed by atoms with Crippen molar-refractivity contribution in [1.29, 1.82) is 0 Å². The minimum atomic E-state index is -5.91. The SMILES string of the molecule is CCCCOC(=O)c1ccc(OS(=O)(=O)C(F)(F)F)c2nc(OC)ccc12. The molecule has 148 valence electrons. The lowest BCUT2D eigenvalue weighted by atomic mass is 10.1. The van der Waals surface area contributed by atoms with Gasteiger partial charge in [0.1, 0.15) is 5.52 Å². The number of rotatable bonds is 7. The van der Waals surface area contributed by atoms with E-state index in [2.05, 4.69) is 9.17 Å². The van der Waals surface area contributed by atoms with E-state index in [-0.39, 0.29) is 29.0 Å².